The number of para-hydroxylation sites is 1. The first-order chi connectivity index (χ1) is 28.2. The fourth-order valence-electron chi connectivity index (χ4n) is 9.50. The van der Waals surface area contributed by atoms with Gasteiger partial charge in [0.05, 0.1) is 0 Å². The van der Waals surface area contributed by atoms with Crippen LogP contribution in [0.15, 0.2) is 191 Å². The molecule has 0 unspecified atom stereocenters. The van der Waals surface area contributed by atoms with Crippen LogP contribution in [0.2, 0.25) is 0 Å². The average molecular weight is 743 g/mol. The Balaban J connectivity index is 0.990. The predicted molar refractivity (Wildman–Crippen MR) is 243 cm³/mol. The monoisotopic (exact) mass is 742 g/mol. The Bertz CT molecular complexity index is 3750. The molecule has 0 saturated carbocycles. The van der Waals surface area contributed by atoms with Gasteiger partial charge in [-0.1, -0.05) is 146 Å². The van der Waals surface area contributed by atoms with E-state index in [0.29, 0.717) is 0 Å². The second-order valence-electron chi connectivity index (χ2n) is 15.1. The smallest absolute Gasteiger partial charge is 0.143 e. The molecule has 0 amide bonds. The zero-order valence-corrected chi connectivity index (χ0v) is 31.4. The summed E-state index contributed by atoms with van der Waals surface area (Å²) in [5.41, 5.74) is 10.9. The molecule has 0 saturated heterocycles. The lowest BCUT2D eigenvalue weighted by molar-refractivity contribution is 0.665. The summed E-state index contributed by atoms with van der Waals surface area (Å²) in [6, 6.07) is 66.2. The van der Waals surface area contributed by atoms with Crippen molar-refractivity contribution in [1.29, 1.82) is 0 Å². The molecule has 13 aromatic rings. The van der Waals surface area contributed by atoms with Crippen LogP contribution in [0, 0.1) is 0 Å². The maximum atomic E-state index is 6.68. The molecular formula is C54H30O2S. The fraction of sp³-hybridized carbons (Fsp3) is 0. The number of rotatable bonds is 3. The van der Waals surface area contributed by atoms with Gasteiger partial charge in [-0.15, -0.1) is 11.3 Å². The van der Waals surface area contributed by atoms with Crippen molar-refractivity contribution in [3.05, 3.63) is 182 Å². The molecule has 13 rings (SSSR count). The molecule has 57 heavy (non-hydrogen) atoms. The van der Waals surface area contributed by atoms with Crippen LogP contribution < -0.4 is 0 Å². The molecule has 0 fully saturated rings. The average Bonchev–Trinajstić information content (AvgIpc) is 3.95. The van der Waals surface area contributed by atoms with Crippen molar-refractivity contribution >= 4 is 108 Å². The largest absolute Gasteiger partial charge is 0.456 e. The number of fused-ring (bicyclic) bond motifs is 13. The maximum Gasteiger partial charge on any atom is 0.143 e. The van der Waals surface area contributed by atoms with E-state index in [9.17, 15) is 0 Å². The Labute approximate surface area is 330 Å². The second kappa shape index (κ2) is 11.7. The molecule has 0 aliphatic rings. The van der Waals surface area contributed by atoms with Crippen LogP contribution in [0.4, 0.5) is 0 Å². The number of hydrogen-bond acceptors (Lipinski definition) is 3. The van der Waals surface area contributed by atoms with Crippen molar-refractivity contribution in [1.82, 2.24) is 0 Å². The Morgan fingerprint density at radius 1 is 0.281 bits per heavy atom. The van der Waals surface area contributed by atoms with Gasteiger partial charge in [-0.25, -0.2) is 0 Å². The molecule has 264 valence electrons. The quantitative estimate of drug-likeness (QED) is 0.169. The lowest BCUT2D eigenvalue weighted by atomic mass is 9.85. The summed E-state index contributed by atoms with van der Waals surface area (Å²) in [5, 5.41) is 14.3. The first-order valence-electron chi connectivity index (χ1n) is 19.4. The molecule has 0 N–H and O–H groups in total. The van der Waals surface area contributed by atoms with Gasteiger partial charge in [-0.3, -0.25) is 0 Å². The highest BCUT2D eigenvalue weighted by Gasteiger charge is 2.20. The van der Waals surface area contributed by atoms with E-state index < -0.39 is 0 Å². The summed E-state index contributed by atoms with van der Waals surface area (Å²) in [7, 11) is 0. The number of thiophene rings is 1. The molecule has 10 aromatic carbocycles. The van der Waals surface area contributed by atoms with E-state index in [4.69, 9.17) is 8.83 Å². The highest BCUT2D eigenvalue weighted by atomic mass is 32.1. The van der Waals surface area contributed by atoms with Gasteiger partial charge in [0, 0.05) is 47.1 Å². The zero-order valence-electron chi connectivity index (χ0n) is 30.5. The standard InChI is InChI=1S/C54H30O2S/c1-6-18-42-34(11-1)43(28-46-45-30-48-44(29-49(45)56-54(42)46)35-12-7-9-19-47(35)55-48)31-21-23-32(24-22-31)52-38-14-2-4-16-40(38)53(41-17-5-3-15-39(41)52)33-25-26-37-36-13-8-10-20-50(36)57-51(37)27-33/h1-30H. The van der Waals surface area contributed by atoms with Gasteiger partial charge >= 0.3 is 0 Å². The molecule has 0 atom stereocenters. The minimum atomic E-state index is 0.868. The third-order valence-corrected chi connectivity index (χ3v) is 13.2. The van der Waals surface area contributed by atoms with Crippen molar-refractivity contribution < 1.29 is 8.83 Å². The van der Waals surface area contributed by atoms with Gasteiger partial charge in [0.1, 0.15) is 22.3 Å². The first kappa shape index (κ1) is 31.1. The molecule has 3 aromatic heterocycles. The molecule has 0 bridgehead atoms. The van der Waals surface area contributed by atoms with Crippen molar-refractivity contribution in [2.45, 2.75) is 0 Å². The van der Waals surface area contributed by atoms with E-state index in [2.05, 4.69) is 170 Å². The van der Waals surface area contributed by atoms with Gasteiger partial charge in [-0.2, -0.15) is 0 Å². The van der Waals surface area contributed by atoms with Gasteiger partial charge in [0.2, 0.25) is 0 Å². The summed E-state index contributed by atoms with van der Waals surface area (Å²) in [6.07, 6.45) is 0. The van der Waals surface area contributed by atoms with E-state index in [1.165, 1.54) is 74.9 Å². The lowest BCUT2D eigenvalue weighted by Gasteiger charge is -2.18. The molecular weight excluding hydrogens is 713 g/mol. The third-order valence-electron chi connectivity index (χ3n) is 12.1. The summed E-state index contributed by atoms with van der Waals surface area (Å²) >= 11 is 1.87. The van der Waals surface area contributed by atoms with Crippen molar-refractivity contribution in [3.8, 4) is 33.4 Å². The first-order valence-corrected chi connectivity index (χ1v) is 20.2. The lowest BCUT2D eigenvalue weighted by Crippen LogP contribution is -1.91. The second-order valence-corrected chi connectivity index (χ2v) is 16.2. The van der Waals surface area contributed by atoms with E-state index in [-0.39, 0.29) is 0 Å². The molecule has 3 heterocycles. The molecule has 0 radical (unpaired) electrons. The van der Waals surface area contributed by atoms with Crippen LogP contribution in [0.5, 0.6) is 0 Å². The third kappa shape index (κ3) is 4.46. The maximum absolute atomic E-state index is 6.68. The highest BCUT2D eigenvalue weighted by molar-refractivity contribution is 7.25. The van der Waals surface area contributed by atoms with Gasteiger partial charge < -0.3 is 8.83 Å². The summed E-state index contributed by atoms with van der Waals surface area (Å²) in [4.78, 5) is 0. The molecule has 3 heteroatoms. The SMILES string of the molecule is c1ccc2c(c1)oc1cc3c(cc12)oc1c2ccccc2c(-c2ccc(-c4c5ccccc5c(-c5ccc6c(c5)sc5ccccc56)c5ccccc45)cc2)cc31. The fourth-order valence-corrected chi connectivity index (χ4v) is 10.6. The topological polar surface area (TPSA) is 26.3 Å². The number of benzene rings is 10. The summed E-state index contributed by atoms with van der Waals surface area (Å²) < 4.78 is 15.6. The van der Waals surface area contributed by atoms with Crippen LogP contribution in [0.25, 0.3) is 130 Å². The minimum absolute atomic E-state index is 0.868. The van der Waals surface area contributed by atoms with Crippen LogP contribution in [0.1, 0.15) is 0 Å². The highest BCUT2D eigenvalue weighted by Crippen LogP contribution is 2.47. The number of hydrogen-bond donors (Lipinski definition) is 0. The molecule has 0 aliphatic carbocycles. The van der Waals surface area contributed by atoms with E-state index in [1.54, 1.807) is 0 Å². The normalized spacial score (nSPS) is 12.2. The zero-order chi connectivity index (χ0) is 37.2. The van der Waals surface area contributed by atoms with Crippen molar-refractivity contribution in [2.75, 3.05) is 0 Å². The van der Waals surface area contributed by atoms with Crippen molar-refractivity contribution in [3.63, 3.8) is 0 Å². The molecule has 0 spiro atoms. The van der Waals surface area contributed by atoms with E-state index in [1.807, 2.05) is 23.5 Å². The van der Waals surface area contributed by atoms with Gasteiger partial charge in [0.25, 0.3) is 0 Å². The van der Waals surface area contributed by atoms with Crippen molar-refractivity contribution in [2.24, 2.45) is 0 Å². The van der Waals surface area contributed by atoms with E-state index in [0.717, 1.165) is 54.8 Å². The minimum Gasteiger partial charge on any atom is -0.456 e. The molecule has 2 nitrogen and oxygen atoms in total. The predicted octanol–water partition coefficient (Wildman–Crippen LogP) is 16.3. The van der Waals surface area contributed by atoms with E-state index >= 15 is 0 Å². The van der Waals surface area contributed by atoms with Gasteiger partial charge in [-0.05, 0) is 96.7 Å². The van der Waals surface area contributed by atoms with Crippen LogP contribution >= 0.6 is 11.3 Å². The Morgan fingerprint density at radius 3 is 1.51 bits per heavy atom. The summed E-state index contributed by atoms with van der Waals surface area (Å²) in [6.45, 7) is 0. The Morgan fingerprint density at radius 2 is 0.789 bits per heavy atom. The summed E-state index contributed by atoms with van der Waals surface area (Å²) in [5.74, 6) is 0. The molecule has 0 aliphatic heterocycles. The van der Waals surface area contributed by atoms with Crippen LogP contribution in [-0.2, 0) is 0 Å². The van der Waals surface area contributed by atoms with Gasteiger partial charge in [0.15, 0.2) is 0 Å². The number of furan rings is 2. The van der Waals surface area contributed by atoms with Crippen LogP contribution in [-0.4, -0.2) is 0 Å². The van der Waals surface area contributed by atoms with Crippen LogP contribution in [0.3, 0.4) is 0 Å². The Kier molecular flexibility index (Phi) is 6.35. The Hall–Kier alpha value is -7.20.